The van der Waals surface area contributed by atoms with E-state index >= 15 is 0 Å². The summed E-state index contributed by atoms with van der Waals surface area (Å²) in [4.78, 5) is 34.1. The number of nitrogens with zero attached hydrogens (tertiary/aromatic N) is 3. The Balaban J connectivity index is 1.36. The normalized spacial score (nSPS) is 17.4. The summed E-state index contributed by atoms with van der Waals surface area (Å²) in [5, 5.41) is 23.3. The summed E-state index contributed by atoms with van der Waals surface area (Å²) in [5.74, 6) is -0.963. The molecule has 2 atom stereocenters. The molecule has 2 aromatic carbocycles. The zero-order valence-corrected chi connectivity index (χ0v) is 20.3. The Labute approximate surface area is 213 Å². The first kappa shape index (κ1) is 24.5. The molecule has 0 saturated carbocycles. The van der Waals surface area contributed by atoms with Crippen LogP contribution in [0.5, 0.6) is 0 Å². The molecule has 2 unspecified atom stereocenters. The second kappa shape index (κ2) is 9.69. The van der Waals surface area contributed by atoms with Crippen molar-refractivity contribution in [2.75, 3.05) is 24.2 Å². The van der Waals surface area contributed by atoms with Crippen LogP contribution in [0.4, 0.5) is 15.9 Å². The van der Waals surface area contributed by atoms with Gasteiger partial charge in [0.05, 0.1) is 28.8 Å². The number of H-pyrrole nitrogens is 1. The monoisotopic (exact) mass is 523 g/mol. The Morgan fingerprint density at radius 3 is 2.86 bits per heavy atom. The number of amidine groups is 1. The molecule has 3 heterocycles. The number of morpholine rings is 1. The Morgan fingerprint density at radius 2 is 2.11 bits per heavy atom. The Bertz CT molecular complexity index is 1620. The highest BCUT2D eigenvalue weighted by Crippen LogP contribution is 2.30. The molecule has 1 aliphatic heterocycles. The third-order valence-electron chi connectivity index (χ3n) is 5.89. The maximum atomic E-state index is 13.2. The van der Waals surface area contributed by atoms with E-state index < -0.39 is 23.7 Å². The quantitative estimate of drug-likeness (QED) is 0.196. The van der Waals surface area contributed by atoms with E-state index in [2.05, 4.69) is 19.7 Å². The zero-order chi connectivity index (χ0) is 26.3. The molecule has 1 aliphatic rings. The number of aromatic nitrogens is 3. The van der Waals surface area contributed by atoms with Crippen LogP contribution in [0.25, 0.3) is 21.0 Å². The van der Waals surface area contributed by atoms with Gasteiger partial charge in [0, 0.05) is 16.8 Å². The molecule has 11 nitrogen and oxygen atoms in total. The zero-order valence-electron chi connectivity index (χ0n) is 19.5. The number of hydrogen-bond donors (Lipinski definition) is 5. The molecule has 1 fully saturated rings. The number of allylic oxidation sites excluding steroid dienone is 1. The van der Waals surface area contributed by atoms with Gasteiger partial charge in [-0.1, -0.05) is 0 Å². The van der Waals surface area contributed by atoms with E-state index in [1.807, 2.05) is 0 Å². The first-order valence-corrected chi connectivity index (χ1v) is 12.0. The molecule has 37 heavy (non-hydrogen) atoms. The Morgan fingerprint density at radius 1 is 1.35 bits per heavy atom. The van der Waals surface area contributed by atoms with Crippen molar-refractivity contribution in [2.45, 2.75) is 19.1 Å². The molecule has 1 amide bonds. The lowest BCUT2D eigenvalue weighted by atomic mass is 10.1. The van der Waals surface area contributed by atoms with Gasteiger partial charge in [-0.15, -0.1) is 0 Å². The van der Waals surface area contributed by atoms with Crippen molar-refractivity contribution in [3.8, 4) is 0 Å². The van der Waals surface area contributed by atoms with Crippen LogP contribution >= 0.6 is 11.5 Å². The fourth-order valence-corrected chi connectivity index (χ4v) is 4.95. The van der Waals surface area contributed by atoms with Crippen molar-refractivity contribution in [2.24, 2.45) is 0 Å². The van der Waals surface area contributed by atoms with Crippen molar-refractivity contribution >= 4 is 55.8 Å². The van der Waals surface area contributed by atoms with Crippen molar-refractivity contribution in [1.29, 1.82) is 5.41 Å². The molecular weight excluding hydrogens is 501 g/mol. The van der Waals surface area contributed by atoms with E-state index in [1.165, 1.54) is 23.1 Å². The number of anilines is 2. The lowest BCUT2D eigenvalue weighted by Crippen LogP contribution is -2.52. The number of rotatable bonds is 5. The van der Waals surface area contributed by atoms with Crippen LogP contribution < -0.4 is 16.6 Å². The number of aromatic amines is 1. The molecule has 1 saturated heterocycles. The van der Waals surface area contributed by atoms with E-state index in [-0.39, 0.29) is 36.0 Å². The maximum Gasteiger partial charge on any atom is 0.282 e. The molecule has 5 rings (SSSR count). The lowest BCUT2D eigenvalue weighted by Gasteiger charge is -2.33. The van der Waals surface area contributed by atoms with E-state index in [0.717, 1.165) is 11.5 Å². The van der Waals surface area contributed by atoms with Crippen LogP contribution in [0.2, 0.25) is 0 Å². The summed E-state index contributed by atoms with van der Waals surface area (Å²) in [7, 11) is 0. The molecule has 2 aromatic heterocycles. The minimum Gasteiger partial charge on any atom is -0.382 e. The molecule has 4 aromatic rings. The van der Waals surface area contributed by atoms with Gasteiger partial charge in [0.2, 0.25) is 0 Å². The van der Waals surface area contributed by atoms with Gasteiger partial charge in [0.15, 0.2) is 6.10 Å². The van der Waals surface area contributed by atoms with Gasteiger partial charge in [0.1, 0.15) is 29.4 Å². The van der Waals surface area contributed by atoms with Crippen LogP contribution in [0.1, 0.15) is 18.9 Å². The molecule has 0 aliphatic carbocycles. The Hall–Kier alpha value is -4.20. The number of aliphatic hydroxyl groups excluding tert-OH is 1. The summed E-state index contributed by atoms with van der Waals surface area (Å²) in [6.45, 7) is 1.87. The number of fused-ring (bicyclic) bond motifs is 3. The van der Waals surface area contributed by atoms with Gasteiger partial charge in [-0.05, 0) is 60.9 Å². The van der Waals surface area contributed by atoms with Crippen LogP contribution in [-0.4, -0.2) is 55.3 Å². The number of amides is 1. The summed E-state index contributed by atoms with van der Waals surface area (Å²) in [5.41, 5.74) is 6.82. The number of ether oxygens (including phenoxy) is 1. The van der Waals surface area contributed by atoms with Gasteiger partial charge < -0.3 is 25.9 Å². The van der Waals surface area contributed by atoms with Gasteiger partial charge in [-0.2, -0.15) is 9.36 Å². The predicted molar refractivity (Wildman–Crippen MR) is 138 cm³/mol. The number of nitrogens with one attached hydrogen (secondary N) is 3. The smallest absolute Gasteiger partial charge is 0.282 e. The third kappa shape index (κ3) is 4.67. The number of nitrogen functional groups attached to an aromatic ring is 1. The average molecular weight is 524 g/mol. The van der Waals surface area contributed by atoms with Gasteiger partial charge in [0.25, 0.3) is 11.5 Å². The maximum absolute atomic E-state index is 13.2. The second-order valence-electron chi connectivity index (χ2n) is 8.43. The van der Waals surface area contributed by atoms with Crippen LogP contribution in [-0.2, 0) is 9.53 Å². The van der Waals surface area contributed by atoms with Crippen LogP contribution in [0.15, 0.2) is 53.0 Å². The Kier molecular flexibility index (Phi) is 6.41. The SMILES string of the molecule is C/C(=C/C(=N)N1CCOC(C(O)c2nc(=O)c3c(ccc4c(N)nsc43)[nH]2)C1=O)Nc1ccc(F)cc1. The molecule has 6 N–H and O–H groups in total. The first-order chi connectivity index (χ1) is 17.7. The van der Waals surface area contributed by atoms with Crippen LogP contribution in [0.3, 0.4) is 0 Å². The highest BCUT2D eigenvalue weighted by atomic mass is 32.1. The van der Waals surface area contributed by atoms with E-state index in [4.69, 9.17) is 15.9 Å². The number of halogens is 1. The largest absolute Gasteiger partial charge is 0.382 e. The highest BCUT2D eigenvalue weighted by molar-refractivity contribution is 7.14. The number of benzene rings is 2. The van der Waals surface area contributed by atoms with E-state index in [0.29, 0.717) is 32.8 Å². The molecule has 0 radical (unpaired) electrons. The summed E-state index contributed by atoms with van der Waals surface area (Å²) < 4.78 is 23.3. The molecule has 190 valence electrons. The van der Waals surface area contributed by atoms with Crippen molar-refractivity contribution in [3.63, 3.8) is 0 Å². The number of hydrogen-bond acceptors (Lipinski definition) is 10. The topological polar surface area (TPSA) is 170 Å². The van der Waals surface area contributed by atoms with E-state index in [9.17, 15) is 19.1 Å². The average Bonchev–Trinajstić information content (AvgIpc) is 3.25. The number of aliphatic hydroxyl groups is 1. The number of carbonyl (C=O) groups is 1. The lowest BCUT2D eigenvalue weighted by molar-refractivity contribution is -0.157. The van der Waals surface area contributed by atoms with Gasteiger partial charge in [-0.3, -0.25) is 19.9 Å². The fraction of sp³-hybridized carbons (Fsp3) is 0.208. The predicted octanol–water partition coefficient (Wildman–Crippen LogP) is 2.51. The van der Waals surface area contributed by atoms with Gasteiger partial charge in [-0.25, -0.2) is 4.39 Å². The fourth-order valence-electron chi connectivity index (χ4n) is 4.11. The van der Waals surface area contributed by atoms with E-state index in [1.54, 1.807) is 31.2 Å². The summed E-state index contributed by atoms with van der Waals surface area (Å²) >= 11 is 1.08. The molecular formula is C24H22FN7O4S. The molecule has 0 spiro atoms. The number of nitrogens with two attached hydrogens (primary N) is 1. The first-order valence-electron chi connectivity index (χ1n) is 11.2. The van der Waals surface area contributed by atoms with Crippen molar-refractivity contribution < 1.29 is 19.0 Å². The standard InChI is InChI=1S/C24H22FN7O4S/c1-11(28-13-4-2-12(25)3-5-13)10-16(26)32-8-9-36-19(24(32)35)18(33)22-29-15-7-6-14-20(37-31-21(14)27)17(15)23(34)30-22/h2-7,10,18-19,26,28,33H,8-9H2,1H3,(H2,27,31)(H,29,30,34)/b11-10-,26-16?. The number of carbonyl (C=O) groups excluding carboxylic acids is 1. The van der Waals surface area contributed by atoms with Crippen molar-refractivity contribution in [1.82, 2.24) is 19.2 Å². The molecule has 0 bridgehead atoms. The molecule has 13 heteroatoms. The van der Waals surface area contributed by atoms with Crippen LogP contribution in [0, 0.1) is 11.2 Å². The highest BCUT2D eigenvalue weighted by Gasteiger charge is 2.38. The van der Waals surface area contributed by atoms with Crippen molar-refractivity contribution in [3.05, 3.63) is 70.2 Å². The minimum absolute atomic E-state index is 0.0622. The summed E-state index contributed by atoms with van der Waals surface area (Å²) in [6, 6.07) is 9.05. The minimum atomic E-state index is -1.58. The second-order valence-corrected chi connectivity index (χ2v) is 9.20. The summed E-state index contributed by atoms with van der Waals surface area (Å²) in [6.07, 6.45) is -1.51. The van der Waals surface area contributed by atoms with Gasteiger partial charge >= 0.3 is 0 Å². The third-order valence-corrected chi connectivity index (χ3v) is 6.78.